The van der Waals surface area contributed by atoms with Crippen molar-refractivity contribution in [2.75, 3.05) is 13.1 Å². The van der Waals surface area contributed by atoms with E-state index in [2.05, 4.69) is 33.2 Å². The summed E-state index contributed by atoms with van der Waals surface area (Å²) in [6, 6.07) is 2.16. The van der Waals surface area contributed by atoms with Gasteiger partial charge < -0.3 is 5.32 Å². The Balaban J connectivity index is 1.43. The Morgan fingerprint density at radius 3 is 3.00 bits per heavy atom. The first-order valence-electron chi connectivity index (χ1n) is 7.82. The van der Waals surface area contributed by atoms with E-state index in [1.807, 2.05) is 0 Å². The van der Waals surface area contributed by atoms with Gasteiger partial charge in [0.2, 0.25) is 0 Å². The molecule has 0 amide bonds. The van der Waals surface area contributed by atoms with E-state index in [9.17, 15) is 0 Å². The molecule has 1 N–H and O–H groups in total. The van der Waals surface area contributed by atoms with Crippen molar-refractivity contribution in [1.82, 2.24) is 20.0 Å². The van der Waals surface area contributed by atoms with Gasteiger partial charge in [0, 0.05) is 49.5 Å². The Labute approximate surface area is 115 Å². The van der Waals surface area contributed by atoms with Crippen molar-refractivity contribution in [3.05, 3.63) is 17.5 Å². The van der Waals surface area contributed by atoms with Gasteiger partial charge in [-0.25, -0.2) is 0 Å². The molecule has 1 saturated carbocycles. The van der Waals surface area contributed by atoms with Crippen LogP contribution in [0.25, 0.3) is 0 Å². The molecule has 104 valence electrons. The maximum atomic E-state index is 4.44. The second kappa shape index (κ2) is 4.60. The maximum absolute atomic E-state index is 4.44. The molecule has 19 heavy (non-hydrogen) atoms. The number of hydrogen-bond acceptors (Lipinski definition) is 3. The lowest BCUT2D eigenvalue weighted by atomic mass is 9.92. The summed E-state index contributed by atoms with van der Waals surface area (Å²) in [6.45, 7) is 2.56. The van der Waals surface area contributed by atoms with Crippen LogP contribution >= 0.6 is 0 Å². The Hall–Kier alpha value is -0.870. The zero-order valence-corrected chi connectivity index (χ0v) is 11.8. The fourth-order valence-electron chi connectivity index (χ4n) is 3.86. The van der Waals surface area contributed by atoms with E-state index in [0.717, 1.165) is 6.04 Å². The quantitative estimate of drug-likeness (QED) is 0.896. The molecule has 4 heteroatoms. The van der Waals surface area contributed by atoms with Gasteiger partial charge in [-0.15, -0.1) is 0 Å². The standard InChI is InChI=1S/C15H24N4/c1-18-15-4-2-3-14(13(15)9-16-18)17-11-7-8-19(10-11)12-5-6-12/h9,11-12,14,17H,2-8,10H2,1H3. The molecule has 4 nitrogen and oxygen atoms in total. The molecule has 0 radical (unpaired) electrons. The van der Waals surface area contributed by atoms with E-state index in [4.69, 9.17) is 0 Å². The highest BCUT2D eigenvalue weighted by molar-refractivity contribution is 5.25. The van der Waals surface area contributed by atoms with Crippen LogP contribution in [0.3, 0.4) is 0 Å². The number of likely N-dealkylation sites (tertiary alicyclic amines) is 1. The van der Waals surface area contributed by atoms with Crippen molar-refractivity contribution in [2.45, 2.75) is 56.7 Å². The van der Waals surface area contributed by atoms with Crippen molar-refractivity contribution < 1.29 is 0 Å². The molecule has 0 bridgehead atoms. The molecule has 0 aromatic carbocycles. The van der Waals surface area contributed by atoms with Crippen molar-refractivity contribution >= 4 is 0 Å². The zero-order valence-electron chi connectivity index (χ0n) is 11.8. The van der Waals surface area contributed by atoms with Crippen LogP contribution in [0.5, 0.6) is 0 Å². The monoisotopic (exact) mass is 260 g/mol. The van der Waals surface area contributed by atoms with Crippen molar-refractivity contribution in [3.8, 4) is 0 Å². The minimum Gasteiger partial charge on any atom is -0.306 e. The molecule has 2 atom stereocenters. The van der Waals surface area contributed by atoms with Crippen molar-refractivity contribution in [1.29, 1.82) is 0 Å². The van der Waals surface area contributed by atoms with Gasteiger partial charge in [0.1, 0.15) is 0 Å². The van der Waals surface area contributed by atoms with Crippen LogP contribution in [0.2, 0.25) is 0 Å². The molecule has 1 aliphatic heterocycles. The average molecular weight is 260 g/mol. The molecule has 0 spiro atoms. The van der Waals surface area contributed by atoms with E-state index in [-0.39, 0.29) is 0 Å². The van der Waals surface area contributed by atoms with Gasteiger partial charge >= 0.3 is 0 Å². The summed E-state index contributed by atoms with van der Waals surface area (Å²) in [5.74, 6) is 0. The largest absolute Gasteiger partial charge is 0.306 e. The Morgan fingerprint density at radius 1 is 1.26 bits per heavy atom. The number of nitrogens with one attached hydrogen (secondary N) is 1. The molecule has 3 aliphatic rings. The lowest BCUT2D eigenvalue weighted by Crippen LogP contribution is -2.37. The number of aryl methyl sites for hydroxylation is 1. The van der Waals surface area contributed by atoms with Crippen LogP contribution < -0.4 is 5.32 Å². The van der Waals surface area contributed by atoms with Gasteiger partial charge in [-0.05, 0) is 38.5 Å². The van der Waals surface area contributed by atoms with E-state index in [1.54, 1.807) is 0 Å². The third-order valence-corrected chi connectivity index (χ3v) is 5.10. The Morgan fingerprint density at radius 2 is 2.16 bits per heavy atom. The predicted molar refractivity (Wildman–Crippen MR) is 75.0 cm³/mol. The fourth-order valence-corrected chi connectivity index (χ4v) is 3.86. The van der Waals surface area contributed by atoms with Gasteiger partial charge in [-0.3, -0.25) is 9.58 Å². The Kier molecular flexibility index (Phi) is 2.88. The molecule has 2 unspecified atom stereocenters. The van der Waals surface area contributed by atoms with Crippen LogP contribution in [0.1, 0.15) is 49.4 Å². The van der Waals surface area contributed by atoms with Crippen molar-refractivity contribution in [2.24, 2.45) is 7.05 Å². The third-order valence-electron chi connectivity index (χ3n) is 5.10. The summed E-state index contributed by atoms with van der Waals surface area (Å²) in [7, 11) is 2.08. The van der Waals surface area contributed by atoms with Crippen LogP contribution in [0.15, 0.2) is 6.20 Å². The summed E-state index contributed by atoms with van der Waals surface area (Å²) in [5, 5.41) is 8.35. The molecular formula is C15H24N4. The lowest BCUT2D eigenvalue weighted by Gasteiger charge is -2.27. The maximum Gasteiger partial charge on any atom is 0.0540 e. The van der Waals surface area contributed by atoms with Crippen LogP contribution in [-0.4, -0.2) is 39.9 Å². The topological polar surface area (TPSA) is 33.1 Å². The molecular weight excluding hydrogens is 236 g/mol. The van der Waals surface area contributed by atoms with Gasteiger partial charge in [0.25, 0.3) is 0 Å². The number of hydrogen-bond donors (Lipinski definition) is 1. The average Bonchev–Trinajstić information content (AvgIpc) is 3.06. The summed E-state index contributed by atoms with van der Waals surface area (Å²) in [5.41, 5.74) is 2.90. The number of fused-ring (bicyclic) bond motifs is 1. The molecule has 1 aromatic heterocycles. The highest BCUT2D eigenvalue weighted by Gasteiger charge is 2.35. The summed E-state index contributed by atoms with van der Waals surface area (Å²) in [6.07, 6.45) is 10.0. The molecule has 1 saturated heterocycles. The minimum absolute atomic E-state index is 0.543. The van der Waals surface area contributed by atoms with Gasteiger partial charge in [-0.2, -0.15) is 5.10 Å². The Bertz CT molecular complexity index is 463. The number of nitrogens with zero attached hydrogens (tertiary/aromatic N) is 3. The summed E-state index contributed by atoms with van der Waals surface area (Å²) in [4.78, 5) is 2.69. The van der Waals surface area contributed by atoms with Gasteiger partial charge in [0.05, 0.1) is 6.20 Å². The highest BCUT2D eigenvalue weighted by Crippen LogP contribution is 2.33. The molecule has 1 aromatic rings. The second-order valence-electron chi connectivity index (χ2n) is 6.49. The van der Waals surface area contributed by atoms with Crippen LogP contribution in [0, 0.1) is 0 Å². The van der Waals surface area contributed by atoms with Crippen LogP contribution in [0.4, 0.5) is 0 Å². The van der Waals surface area contributed by atoms with Gasteiger partial charge in [0.15, 0.2) is 0 Å². The second-order valence-corrected chi connectivity index (χ2v) is 6.49. The van der Waals surface area contributed by atoms with Crippen molar-refractivity contribution in [3.63, 3.8) is 0 Å². The summed E-state index contributed by atoms with van der Waals surface area (Å²) < 4.78 is 2.06. The number of aromatic nitrogens is 2. The van der Waals surface area contributed by atoms with E-state index >= 15 is 0 Å². The zero-order chi connectivity index (χ0) is 12.8. The fraction of sp³-hybridized carbons (Fsp3) is 0.800. The first-order valence-corrected chi connectivity index (χ1v) is 7.82. The SMILES string of the molecule is Cn1ncc2c1CCCC2NC1CCN(C2CC2)C1. The molecule has 2 aliphatic carbocycles. The van der Waals surface area contributed by atoms with E-state index in [0.29, 0.717) is 12.1 Å². The summed E-state index contributed by atoms with van der Waals surface area (Å²) >= 11 is 0. The lowest BCUT2D eigenvalue weighted by molar-refractivity contribution is 0.308. The number of rotatable bonds is 3. The highest BCUT2D eigenvalue weighted by atomic mass is 15.3. The molecule has 4 rings (SSSR count). The van der Waals surface area contributed by atoms with Crippen LogP contribution in [-0.2, 0) is 13.5 Å². The van der Waals surface area contributed by atoms with Gasteiger partial charge in [-0.1, -0.05) is 0 Å². The normalized spacial score (nSPS) is 31.6. The van der Waals surface area contributed by atoms with E-state index < -0.39 is 0 Å². The van der Waals surface area contributed by atoms with E-state index in [1.165, 1.54) is 62.9 Å². The minimum atomic E-state index is 0.543. The molecule has 2 heterocycles. The third kappa shape index (κ3) is 2.21. The predicted octanol–water partition coefficient (Wildman–Crippen LogP) is 1.62. The first kappa shape index (κ1) is 11.9. The first-order chi connectivity index (χ1) is 9.31. The molecule has 2 fully saturated rings. The smallest absolute Gasteiger partial charge is 0.0540 e.